The Labute approximate surface area is 75.2 Å². The van der Waals surface area contributed by atoms with Gasteiger partial charge in [-0.2, -0.15) is 0 Å². The first kappa shape index (κ1) is 10.8. The van der Waals surface area contributed by atoms with Gasteiger partial charge in [-0.1, -0.05) is 17.7 Å². The minimum atomic E-state index is -0.833. The number of benzene rings is 1. The molecule has 0 saturated carbocycles. The standard InChI is InChI=1S/C6H5ClO.C2H4O2/c7-5-2-1-3-6(8)4-5;1-2(3)4/h1-4,8H;1H3,(H,3,4). The molecule has 4 heteroatoms. The number of carboxylic acids is 1. The summed E-state index contributed by atoms with van der Waals surface area (Å²) in [5.74, 6) is -0.627. The van der Waals surface area contributed by atoms with Crippen LogP contribution < -0.4 is 0 Å². The highest BCUT2D eigenvalue weighted by Gasteiger charge is 1.85. The van der Waals surface area contributed by atoms with E-state index >= 15 is 0 Å². The van der Waals surface area contributed by atoms with E-state index in [2.05, 4.69) is 0 Å². The number of hydrogen-bond acceptors (Lipinski definition) is 2. The smallest absolute Gasteiger partial charge is 0.300 e. The van der Waals surface area contributed by atoms with Gasteiger partial charge in [0, 0.05) is 11.9 Å². The second-order valence-corrected chi connectivity index (χ2v) is 2.44. The van der Waals surface area contributed by atoms with Crippen LogP contribution in [-0.4, -0.2) is 16.2 Å². The van der Waals surface area contributed by atoms with Crippen LogP contribution in [0.3, 0.4) is 0 Å². The first-order valence-electron chi connectivity index (χ1n) is 3.16. The van der Waals surface area contributed by atoms with Crippen molar-refractivity contribution in [1.82, 2.24) is 0 Å². The van der Waals surface area contributed by atoms with E-state index in [0.717, 1.165) is 6.92 Å². The number of rotatable bonds is 0. The summed E-state index contributed by atoms with van der Waals surface area (Å²) in [7, 11) is 0. The molecule has 0 radical (unpaired) electrons. The average Bonchev–Trinajstić information content (AvgIpc) is 1.84. The molecule has 0 fully saturated rings. The Morgan fingerprint density at radius 3 is 2.25 bits per heavy atom. The van der Waals surface area contributed by atoms with Crippen LogP contribution >= 0.6 is 11.6 Å². The van der Waals surface area contributed by atoms with Crippen LogP contribution in [0.15, 0.2) is 24.3 Å². The fraction of sp³-hybridized carbons (Fsp3) is 0.125. The molecule has 0 unspecified atom stereocenters. The van der Waals surface area contributed by atoms with Crippen LogP contribution in [-0.2, 0) is 4.79 Å². The monoisotopic (exact) mass is 188 g/mol. The SMILES string of the molecule is CC(=O)O.Oc1cccc(Cl)c1. The lowest BCUT2D eigenvalue weighted by Gasteiger charge is -1.88. The van der Waals surface area contributed by atoms with Crippen molar-refractivity contribution in [2.75, 3.05) is 0 Å². The van der Waals surface area contributed by atoms with Crippen molar-refractivity contribution >= 4 is 17.6 Å². The molecule has 0 aliphatic carbocycles. The number of phenolic OH excluding ortho intramolecular Hbond substituents is 1. The lowest BCUT2D eigenvalue weighted by molar-refractivity contribution is -0.134. The Morgan fingerprint density at radius 1 is 1.50 bits per heavy atom. The number of carbonyl (C=O) groups is 1. The first-order valence-corrected chi connectivity index (χ1v) is 3.54. The number of hydrogen-bond donors (Lipinski definition) is 2. The Hall–Kier alpha value is -1.22. The van der Waals surface area contributed by atoms with Gasteiger partial charge in [0.2, 0.25) is 0 Å². The predicted octanol–water partition coefficient (Wildman–Crippen LogP) is 2.14. The molecular weight excluding hydrogens is 180 g/mol. The Bertz CT molecular complexity index is 239. The normalized spacial score (nSPS) is 8.17. The van der Waals surface area contributed by atoms with Crippen LogP contribution in [0.25, 0.3) is 0 Å². The average molecular weight is 189 g/mol. The third-order valence-electron chi connectivity index (χ3n) is 0.808. The van der Waals surface area contributed by atoms with Crippen molar-refractivity contribution in [3.05, 3.63) is 29.3 Å². The van der Waals surface area contributed by atoms with E-state index in [9.17, 15) is 0 Å². The van der Waals surface area contributed by atoms with Gasteiger partial charge in [-0.25, -0.2) is 0 Å². The van der Waals surface area contributed by atoms with E-state index < -0.39 is 5.97 Å². The molecule has 0 saturated heterocycles. The molecule has 12 heavy (non-hydrogen) atoms. The minimum absolute atomic E-state index is 0.206. The minimum Gasteiger partial charge on any atom is -0.508 e. The molecule has 2 N–H and O–H groups in total. The van der Waals surface area contributed by atoms with Gasteiger partial charge < -0.3 is 10.2 Å². The molecule has 0 aromatic heterocycles. The molecule has 0 heterocycles. The first-order chi connectivity index (χ1) is 5.52. The van der Waals surface area contributed by atoms with Crippen molar-refractivity contribution in [3.63, 3.8) is 0 Å². The summed E-state index contributed by atoms with van der Waals surface area (Å²) < 4.78 is 0. The van der Waals surface area contributed by atoms with E-state index in [4.69, 9.17) is 26.6 Å². The fourth-order valence-electron chi connectivity index (χ4n) is 0.476. The highest BCUT2D eigenvalue weighted by atomic mass is 35.5. The van der Waals surface area contributed by atoms with Crippen LogP contribution in [0.4, 0.5) is 0 Å². The van der Waals surface area contributed by atoms with Crippen LogP contribution in [0.1, 0.15) is 6.92 Å². The van der Waals surface area contributed by atoms with Crippen molar-refractivity contribution in [2.24, 2.45) is 0 Å². The van der Waals surface area contributed by atoms with E-state index in [1.807, 2.05) is 0 Å². The fourth-order valence-corrected chi connectivity index (χ4v) is 0.661. The van der Waals surface area contributed by atoms with Crippen LogP contribution in [0.5, 0.6) is 5.75 Å². The molecule has 0 amide bonds. The van der Waals surface area contributed by atoms with Gasteiger partial charge in [-0.15, -0.1) is 0 Å². The van der Waals surface area contributed by atoms with Gasteiger partial charge in [-0.3, -0.25) is 4.79 Å². The zero-order valence-electron chi connectivity index (χ0n) is 6.49. The summed E-state index contributed by atoms with van der Waals surface area (Å²) in [5.41, 5.74) is 0. The van der Waals surface area contributed by atoms with Gasteiger partial charge in [0.1, 0.15) is 5.75 Å². The van der Waals surface area contributed by atoms with E-state index in [0.29, 0.717) is 5.02 Å². The van der Waals surface area contributed by atoms with Crippen molar-refractivity contribution in [3.8, 4) is 5.75 Å². The Kier molecular flexibility index (Phi) is 4.88. The zero-order chi connectivity index (χ0) is 9.56. The Balaban J connectivity index is 0.000000261. The number of halogens is 1. The highest BCUT2D eigenvalue weighted by Crippen LogP contribution is 2.14. The number of aliphatic carboxylic acids is 1. The van der Waals surface area contributed by atoms with Crippen molar-refractivity contribution < 1.29 is 15.0 Å². The molecule has 0 atom stereocenters. The van der Waals surface area contributed by atoms with Crippen LogP contribution in [0, 0.1) is 0 Å². The molecular formula is C8H9ClO3. The largest absolute Gasteiger partial charge is 0.508 e. The van der Waals surface area contributed by atoms with E-state index in [-0.39, 0.29) is 5.75 Å². The summed E-state index contributed by atoms with van der Waals surface area (Å²) in [4.78, 5) is 9.00. The summed E-state index contributed by atoms with van der Waals surface area (Å²) >= 11 is 5.48. The van der Waals surface area contributed by atoms with Gasteiger partial charge in [-0.05, 0) is 18.2 Å². The van der Waals surface area contributed by atoms with Crippen molar-refractivity contribution in [2.45, 2.75) is 6.92 Å². The number of aromatic hydroxyl groups is 1. The lowest BCUT2D eigenvalue weighted by atomic mass is 10.3. The predicted molar refractivity (Wildman–Crippen MR) is 46.4 cm³/mol. The topological polar surface area (TPSA) is 57.5 Å². The molecule has 66 valence electrons. The molecule has 0 aliphatic heterocycles. The Morgan fingerprint density at radius 2 is 2.00 bits per heavy atom. The molecule has 0 bridgehead atoms. The molecule has 3 nitrogen and oxygen atoms in total. The summed E-state index contributed by atoms with van der Waals surface area (Å²) in [6.45, 7) is 1.08. The number of phenols is 1. The van der Waals surface area contributed by atoms with Crippen LogP contribution in [0.2, 0.25) is 5.02 Å². The third kappa shape index (κ3) is 6.89. The van der Waals surface area contributed by atoms with Gasteiger partial charge in [0.25, 0.3) is 5.97 Å². The molecule has 1 aromatic carbocycles. The third-order valence-corrected chi connectivity index (χ3v) is 1.04. The summed E-state index contributed by atoms with van der Waals surface area (Å²) in [6, 6.07) is 6.46. The zero-order valence-corrected chi connectivity index (χ0v) is 7.25. The van der Waals surface area contributed by atoms with Gasteiger partial charge >= 0.3 is 0 Å². The molecule has 0 aliphatic rings. The molecule has 1 rings (SSSR count). The lowest BCUT2D eigenvalue weighted by Crippen LogP contribution is -1.78. The summed E-state index contributed by atoms with van der Waals surface area (Å²) in [6.07, 6.45) is 0. The summed E-state index contributed by atoms with van der Waals surface area (Å²) in [5, 5.41) is 16.7. The van der Waals surface area contributed by atoms with Crippen molar-refractivity contribution in [1.29, 1.82) is 0 Å². The quantitative estimate of drug-likeness (QED) is 0.656. The van der Waals surface area contributed by atoms with Gasteiger partial charge in [0.05, 0.1) is 0 Å². The molecule has 1 aromatic rings. The van der Waals surface area contributed by atoms with Gasteiger partial charge in [0.15, 0.2) is 0 Å². The maximum Gasteiger partial charge on any atom is 0.300 e. The second kappa shape index (κ2) is 5.43. The maximum absolute atomic E-state index is 9.00. The van der Waals surface area contributed by atoms with E-state index in [1.54, 1.807) is 18.2 Å². The second-order valence-electron chi connectivity index (χ2n) is 2.00. The maximum atomic E-state index is 9.00. The molecule has 0 spiro atoms. The number of carboxylic acid groups (broad SMARTS) is 1. The highest BCUT2D eigenvalue weighted by molar-refractivity contribution is 6.30. The van der Waals surface area contributed by atoms with E-state index in [1.165, 1.54) is 6.07 Å².